The quantitative estimate of drug-likeness (QED) is 0.718. The van der Waals surface area contributed by atoms with Crippen molar-refractivity contribution in [3.05, 3.63) is 23.9 Å². The zero-order chi connectivity index (χ0) is 14.3. The minimum atomic E-state index is 0.204. The van der Waals surface area contributed by atoms with Gasteiger partial charge in [0.15, 0.2) is 0 Å². The van der Waals surface area contributed by atoms with Crippen LogP contribution < -0.4 is 5.32 Å². The molecule has 0 fully saturated rings. The van der Waals surface area contributed by atoms with E-state index in [1.807, 2.05) is 7.05 Å². The van der Waals surface area contributed by atoms with Crippen molar-refractivity contribution >= 4 is 5.71 Å². The maximum Gasteiger partial charge on any atom is 0.145 e. The molecule has 2 atom stereocenters. The summed E-state index contributed by atoms with van der Waals surface area (Å²) in [5.41, 5.74) is 2.29. The summed E-state index contributed by atoms with van der Waals surface area (Å²) in [6, 6.07) is 0. The van der Waals surface area contributed by atoms with E-state index in [1.54, 1.807) is 0 Å². The highest BCUT2D eigenvalue weighted by molar-refractivity contribution is 5.88. The van der Waals surface area contributed by atoms with Crippen molar-refractivity contribution in [1.29, 1.82) is 0 Å². The molecule has 0 saturated carbocycles. The summed E-state index contributed by atoms with van der Waals surface area (Å²) < 4.78 is 0. The molecule has 0 aliphatic carbocycles. The third-order valence-corrected chi connectivity index (χ3v) is 3.13. The van der Waals surface area contributed by atoms with E-state index in [0.717, 1.165) is 30.8 Å². The van der Waals surface area contributed by atoms with Gasteiger partial charge < -0.3 is 15.1 Å². The van der Waals surface area contributed by atoms with E-state index in [4.69, 9.17) is 4.84 Å². The number of hydrogen-bond donors (Lipinski definition) is 1. The van der Waals surface area contributed by atoms with Crippen molar-refractivity contribution in [2.75, 3.05) is 27.7 Å². The summed E-state index contributed by atoms with van der Waals surface area (Å²) in [5, 5.41) is 7.40. The minimum absolute atomic E-state index is 0.204. The molecule has 1 N–H and O–H groups in total. The average Bonchev–Trinajstić information content (AvgIpc) is 2.81. The van der Waals surface area contributed by atoms with Gasteiger partial charge in [-0.15, -0.1) is 0 Å². The fourth-order valence-corrected chi connectivity index (χ4v) is 2.06. The first-order chi connectivity index (χ1) is 9.06. The van der Waals surface area contributed by atoms with E-state index in [1.165, 1.54) is 0 Å². The fraction of sp³-hybridized carbons (Fsp3) is 0.667. The lowest BCUT2D eigenvalue weighted by Gasteiger charge is -2.14. The molecule has 0 radical (unpaired) electrons. The van der Waals surface area contributed by atoms with Crippen LogP contribution in [0.15, 0.2) is 29.1 Å². The summed E-state index contributed by atoms with van der Waals surface area (Å²) in [7, 11) is 6.05. The highest BCUT2D eigenvalue weighted by Crippen LogP contribution is 2.18. The van der Waals surface area contributed by atoms with Crippen molar-refractivity contribution < 1.29 is 4.84 Å². The molecule has 0 aromatic heterocycles. The molecule has 0 bridgehead atoms. The third kappa shape index (κ3) is 5.47. The first-order valence-electron chi connectivity index (χ1n) is 7.00. The number of allylic oxidation sites excluding steroid dienone is 3. The molecule has 19 heavy (non-hydrogen) atoms. The predicted octanol–water partition coefficient (Wildman–Crippen LogP) is 2.40. The second-order valence-electron chi connectivity index (χ2n) is 5.24. The van der Waals surface area contributed by atoms with Gasteiger partial charge >= 0.3 is 0 Å². The van der Waals surface area contributed by atoms with Crippen LogP contribution in [0.3, 0.4) is 0 Å². The van der Waals surface area contributed by atoms with Crippen molar-refractivity contribution in [1.82, 2.24) is 10.2 Å². The normalized spacial score (nSPS) is 21.7. The second kappa shape index (κ2) is 8.00. The molecule has 0 amide bonds. The molecule has 1 heterocycles. The van der Waals surface area contributed by atoms with Crippen LogP contribution >= 0.6 is 0 Å². The fourth-order valence-electron chi connectivity index (χ4n) is 2.06. The number of likely N-dealkylation sites (N-methyl/N-ethyl adjacent to an activating group) is 2. The van der Waals surface area contributed by atoms with Crippen LogP contribution in [-0.2, 0) is 4.84 Å². The molecule has 1 rings (SSSR count). The Morgan fingerprint density at radius 1 is 1.58 bits per heavy atom. The molecular weight excluding hydrogens is 238 g/mol. The zero-order valence-corrected chi connectivity index (χ0v) is 12.8. The first kappa shape index (κ1) is 15.8. The molecule has 0 spiro atoms. The molecule has 1 unspecified atom stereocenters. The van der Waals surface area contributed by atoms with Crippen LogP contribution in [0, 0.1) is 5.92 Å². The maximum atomic E-state index is 5.46. The summed E-state index contributed by atoms with van der Waals surface area (Å²) >= 11 is 0. The zero-order valence-electron chi connectivity index (χ0n) is 12.8. The second-order valence-corrected chi connectivity index (χ2v) is 5.24. The van der Waals surface area contributed by atoms with E-state index in [9.17, 15) is 0 Å². The Bertz CT molecular complexity index is 358. The molecule has 0 aromatic rings. The van der Waals surface area contributed by atoms with Gasteiger partial charge in [-0.05, 0) is 26.6 Å². The minimum Gasteiger partial charge on any atom is -0.391 e. The summed E-state index contributed by atoms with van der Waals surface area (Å²) in [5.74, 6) is 0.320. The summed E-state index contributed by atoms with van der Waals surface area (Å²) in [6.45, 7) is 5.21. The van der Waals surface area contributed by atoms with Gasteiger partial charge in [0.05, 0.1) is 5.71 Å². The number of rotatable bonds is 7. The van der Waals surface area contributed by atoms with Crippen molar-refractivity contribution in [2.45, 2.75) is 32.8 Å². The maximum absolute atomic E-state index is 5.46. The Labute approximate surface area is 117 Å². The molecule has 1 aliphatic heterocycles. The predicted molar refractivity (Wildman–Crippen MR) is 81.2 cm³/mol. The number of nitrogens with one attached hydrogen (secondary N) is 1. The summed E-state index contributed by atoms with van der Waals surface area (Å²) in [4.78, 5) is 7.59. The van der Waals surface area contributed by atoms with Gasteiger partial charge in [-0.25, -0.2) is 0 Å². The molecule has 0 aromatic carbocycles. The molecule has 1 aliphatic rings. The van der Waals surface area contributed by atoms with Gasteiger partial charge in [0.1, 0.15) is 6.10 Å². The van der Waals surface area contributed by atoms with Gasteiger partial charge in [0, 0.05) is 31.6 Å². The Morgan fingerprint density at radius 3 is 2.89 bits per heavy atom. The van der Waals surface area contributed by atoms with Crippen molar-refractivity contribution in [3.8, 4) is 0 Å². The van der Waals surface area contributed by atoms with Crippen LogP contribution in [-0.4, -0.2) is 44.4 Å². The molecular formula is C15H27N3O. The Balaban J connectivity index is 2.49. The molecule has 4 nitrogen and oxygen atoms in total. The highest BCUT2D eigenvalue weighted by Gasteiger charge is 2.23. The first-order valence-corrected chi connectivity index (χ1v) is 7.00. The average molecular weight is 265 g/mol. The van der Waals surface area contributed by atoms with Gasteiger partial charge in [-0.1, -0.05) is 31.2 Å². The van der Waals surface area contributed by atoms with E-state index in [2.05, 4.69) is 61.5 Å². The molecule has 0 saturated heterocycles. The van der Waals surface area contributed by atoms with E-state index in [0.29, 0.717) is 5.92 Å². The van der Waals surface area contributed by atoms with E-state index < -0.39 is 0 Å². The molecule has 108 valence electrons. The van der Waals surface area contributed by atoms with Crippen LogP contribution in [0.4, 0.5) is 0 Å². The highest BCUT2D eigenvalue weighted by atomic mass is 16.6. The number of hydrogen-bond acceptors (Lipinski definition) is 4. The summed E-state index contributed by atoms with van der Waals surface area (Å²) in [6.07, 6.45) is 8.63. The van der Waals surface area contributed by atoms with Gasteiger partial charge in [0.2, 0.25) is 0 Å². The number of nitrogens with zero attached hydrogens (tertiary/aromatic N) is 2. The standard InChI is InChI=1S/C15H27N3O/c1-6-7-13(16-3)9-8-12(2)15-10-14(19-17-15)11-18(4)5/h7-9,12,14,16H,6,10-11H2,1-5H3/b9-8-,13-7+/t12-,14?/m1/s1. The monoisotopic (exact) mass is 265 g/mol. The van der Waals surface area contributed by atoms with Gasteiger partial charge in [0.25, 0.3) is 0 Å². The lowest BCUT2D eigenvalue weighted by atomic mass is 10.00. The van der Waals surface area contributed by atoms with Crippen LogP contribution in [0.1, 0.15) is 26.7 Å². The Morgan fingerprint density at radius 2 is 2.32 bits per heavy atom. The van der Waals surface area contributed by atoms with E-state index >= 15 is 0 Å². The number of oxime groups is 1. The lowest BCUT2D eigenvalue weighted by molar-refractivity contribution is 0.0650. The van der Waals surface area contributed by atoms with Gasteiger partial charge in [-0.2, -0.15) is 0 Å². The van der Waals surface area contributed by atoms with Crippen molar-refractivity contribution in [3.63, 3.8) is 0 Å². The van der Waals surface area contributed by atoms with Crippen LogP contribution in [0.25, 0.3) is 0 Å². The van der Waals surface area contributed by atoms with Crippen LogP contribution in [0.2, 0.25) is 0 Å². The Kier molecular flexibility index (Phi) is 6.64. The topological polar surface area (TPSA) is 36.9 Å². The Hall–Kier alpha value is -1.29. The smallest absolute Gasteiger partial charge is 0.145 e. The SMILES string of the molecule is CC/C=C(\C=C/[C@@H](C)C1=NOC(CN(C)C)C1)NC. The van der Waals surface area contributed by atoms with E-state index in [-0.39, 0.29) is 6.10 Å². The van der Waals surface area contributed by atoms with Gasteiger partial charge in [-0.3, -0.25) is 0 Å². The van der Waals surface area contributed by atoms with Crippen LogP contribution in [0.5, 0.6) is 0 Å². The largest absolute Gasteiger partial charge is 0.391 e. The third-order valence-electron chi connectivity index (χ3n) is 3.13. The lowest BCUT2D eigenvalue weighted by Crippen LogP contribution is -2.26. The van der Waals surface area contributed by atoms with Crippen molar-refractivity contribution in [2.24, 2.45) is 11.1 Å². The molecule has 4 heteroatoms.